The Morgan fingerprint density at radius 3 is 2.26 bits per heavy atom. The van der Waals surface area contributed by atoms with Crippen molar-refractivity contribution < 1.29 is 19.1 Å². The summed E-state index contributed by atoms with van der Waals surface area (Å²) < 4.78 is 5.06. The van der Waals surface area contributed by atoms with Gasteiger partial charge in [-0.25, -0.2) is 4.79 Å². The molecular formula is C20H29N3O4. The number of hydrogen-bond acceptors (Lipinski definition) is 4. The Labute approximate surface area is 160 Å². The number of alkyl carbamates (subject to hydrolysis) is 1. The van der Waals surface area contributed by atoms with Crippen LogP contribution in [0, 0.1) is 5.92 Å². The van der Waals surface area contributed by atoms with Gasteiger partial charge in [0.1, 0.15) is 12.1 Å². The van der Waals surface area contributed by atoms with Crippen molar-refractivity contribution >= 4 is 23.6 Å². The van der Waals surface area contributed by atoms with Crippen LogP contribution in [-0.4, -0.2) is 30.1 Å². The molecule has 0 aliphatic rings. The van der Waals surface area contributed by atoms with E-state index in [0.29, 0.717) is 18.2 Å². The molecule has 0 aliphatic heterocycles. The van der Waals surface area contributed by atoms with Crippen LogP contribution in [0.4, 0.5) is 10.5 Å². The molecule has 0 radical (unpaired) electrons. The summed E-state index contributed by atoms with van der Waals surface area (Å²) in [6.45, 7) is 9.39. The topological polar surface area (TPSA) is 96.5 Å². The van der Waals surface area contributed by atoms with E-state index in [-0.39, 0.29) is 18.4 Å². The van der Waals surface area contributed by atoms with Crippen LogP contribution in [0.3, 0.4) is 0 Å². The summed E-state index contributed by atoms with van der Waals surface area (Å²) in [4.78, 5) is 35.0. The zero-order valence-corrected chi connectivity index (χ0v) is 16.6. The first-order valence-electron chi connectivity index (χ1n) is 8.87. The van der Waals surface area contributed by atoms with E-state index >= 15 is 0 Å². The zero-order chi connectivity index (χ0) is 20.4. The average molecular weight is 375 g/mol. The molecule has 7 heteroatoms. The van der Waals surface area contributed by atoms with E-state index in [1.165, 1.54) is 6.08 Å². The number of carbonyl (C=O) groups excluding carboxylic acids is 3. The lowest BCUT2D eigenvalue weighted by molar-refractivity contribution is -0.120. The van der Waals surface area contributed by atoms with Crippen LogP contribution < -0.4 is 16.0 Å². The third-order valence-electron chi connectivity index (χ3n) is 3.14. The smallest absolute Gasteiger partial charge is 0.408 e. The molecule has 3 N–H and O–H groups in total. The summed E-state index contributed by atoms with van der Waals surface area (Å²) in [5, 5.41) is 7.87. The van der Waals surface area contributed by atoms with Gasteiger partial charge in [0.15, 0.2) is 0 Å². The second-order valence-corrected chi connectivity index (χ2v) is 7.42. The van der Waals surface area contributed by atoms with Crippen LogP contribution in [0.15, 0.2) is 36.4 Å². The zero-order valence-electron chi connectivity index (χ0n) is 16.6. The number of nitrogens with one attached hydrogen (secondary N) is 3. The highest BCUT2D eigenvalue weighted by atomic mass is 16.6. The highest BCUT2D eigenvalue weighted by molar-refractivity contribution is 5.99. The van der Waals surface area contributed by atoms with Crippen LogP contribution in [0.25, 0.3) is 0 Å². The van der Waals surface area contributed by atoms with Crippen molar-refractivity contribution in [3.8, 4) is 0 Å². The van der Waals surface area contributed by atoms with E-state index in [9.17, 15) is 14.4 Å². The number of amides is 3. The molecule has 1 aromatic rings. The first-order chi connectivity index (χ1) is 12.5. The van der Waals surface area contributed by atoms with Gasteiger partial charge in [-0.1, -0.05) is 32.1 Å². The monoisotopic (exact) mass is 375 g/mol. The summed E-state index contributed by atoms with van der Waals surface area (Å²) in [6.07, 6.45) is 2.70. The van der Waals surface area contributed by atoms with Crippen molar-refractivity contribution in [2.75, 3.05) is 11.9 Å². The minimum absolute atomic E-state index is 0.161. The lowest BCUT2D eigenvalue weighted by atomic mass is 10.2. The molecule has 27 heavy (non-hydrogen) atoms. The van der Waals surface area contributed by atoms with Crippen molar-refractivity contribution in [1.29, 1.82) is 0 Å². The van der Waals surface area contributed by atoms with Gasteiger partial charge in [-0.05, 0) is 50.5 Å². The molecule has 0 heterocycles. The van der Waals surface area contributed by atoms with Gasteiger partial charge in [0.2, 0.25) is 11.8 Å². The fourth-order valence-electron chi connectivity index (χ4n) is 1.90. The van der Waals surface area contributed by atoms with Crippen molar-refractivity contribution in [3.05, 3.63) is 42.0 Å². The second-order valence-electron chi connectivity index (χ2n) is 7.42. The predicted molar refractivity (Wildman–Crippen MR) is 105 cm³/mol. The molecule has 148 valence electrons. The van der Waals surface area contributed by atoms with Crippen molar-refractivity contribution in [2.24, 2.45) is 5.92 Å². The summed E-state index contributed by atoms with van der Waals surface area (Å²) in [6, 6.07) is 7.15. The number of anilines is 1. The lowest BCUT2D eigenvalue weighted by Gasteiger charge is -2.19. The molecule has 3 amide bonds. The molecule has 1 aromatic carbocycles. The molecule has 0 aromatic heterocycles. The molecule has 1 rings (SSSR count). The summed E-state index contributed by atoms with van der Waals surface area (Å²) in [7, 11) is 0. The maximum atomic E-state index is 11.8. The molecular weight excluding hydrogens is 346 g/mol. The Morgan fingerprint density at radius 2 is 1.70 bits per heavy atom. The van der Waals surface area contributed by atoms with Gasteiger partial charge in [-0.2, -0.15) is 0 Å². The number of benzene rings is 1. The van der Waals surface area contributed by atoms with E-state index in [1.54, 1.807) is 32.9 Å². The van der Waals surface area contributed by atoms with Crippen LogP contribution in [0.5, 0.6) is 0 Å². The quantitative estimate of drug-likeness (QED) is 0.638. The number of ether oxygens (including phenoxy) is 1. The Bertz CT molecular complexity index is 673. The minimum atomic E-state index is -0.635. The molecule has 0 aliphatic carbocycles. The van der Waals surface area contributed by atoms with Crippen molar-refractivity contribution in [2.45, 2.75) is 46.8 Å². The Hall–Kier alpha value is -2.83. The summed E-state index contributed by atoms with van der Waals surface area (Å²) in [5.74, 6) is -0.193. The van der Waals surface area contributed by atoms with Crippen LogP contribution >= 0.6 is 0 Å². The fourth-order valence-corrected chi connectivity index (χ4v) is 1.90. The Morgan fingerprint density at radius 1 is 1.07 bits per heavy atom. The molecule has 0 saturated heterocycles. The lowest BCUT2D eigenvalue weighted by Crippen LogP contribution is -2.39. The van der Waals surface area contributed by atoms with E-state index in [1.807, 2.05) is 32.1 Å². The molecule has 0 unspecified atom stereocenters. The van der Waals surface area contributed by atoms with Gasteiger partial charge in [0.25, 0.3) is 0 Å². The summed E-state index contributed by atoms with van der Waals surface area (Å²) in [5.41, 5.74) is 0.939. The molecule has 0 spiro atoms. The second kappa shape index (κ2) is 10.4. The van der Waals surface area contributed by atoms with Gasteiger partial charge in [0.05, 0.1) is 0 Å². The Balaban J connectivity index is 2.38. The molecule has 0 saturated carbocycles. The van der Waals surface area contributed by atoms with Gasteiger partial charge < -0.3 is 20.7 Å². The molecule has 0 bridgehead atoms. The average Bonchev–Trinajstić information content (AvgIpc) is 2.56. The van der Waals surface area contributed by atoms with Crippen LogP contribution in [0.2, 0.25) is 0 Å². The normalized spacial score (nSPS) is 11.3. The molecule has 0 atom stereocenters. The third-order valence-corrected chi connectivity index (χ3v) is 3.14. The van der Waals surface area contributed by atoms with Crippen molar-refractivity contribution in [1.82, 2.24) is 10.6 Å². The largest absolute Gasteiger partial charge is 0.444 e. The van der Waals surface area contributed by atoms with E-state index in [4.69, 9.17) is 4.74 Å². The summed E-state index contributed by atoms with van der Waals surface area (Å²) >= 11 is 0. The van der Waals surface area contributed by atoms with Crippen LogP contribution in [0.1, 0.15) is 40.2 Å². The van der Waals surface area contributed by atoms with E-state index < -0.39 is 11.7 Å². The van der Waals surface area contributed by atoms with Gasteiger partial charge >= 0.3 is 6.09 Å². The number of allylic oxidation sites excluding steroid dienone is 1. The highest BCUT2D eigenvalue weighted by Gasteiger charge is 2.16. The fraction of sp³-hybridized carbons (Fsp3) is 0.450. The van der Waals surface area contributed by atoms with Gasteiger partial charge in [-0.15, -0.1) is 0 Å². The molecule has 0 fully saturated rings. The van der Waals surface area contributed by atoms with E-state index in [2.05, 4.69) is 16.0 Å². The SMILES string of the molecule is CC(C)/C=C/C(=O)Nc1ccc(CNC(=O)CNC(=O)OC(C)(C)C)cc1. The third kappa shape index (κ3) is 10.7. The van der Waals surface area contributed by atoms with Crippen molar-refractivity contribution in [3.63, 3.8) is 0 Å². The van der Waals surface area contributed by atoms with Crippen LogP contribution in [-0.2, 0) is 20.9 Å². The van der Waals surface area contributed by atoms with E-state index in [0.717, 1.165) is 5.56 Å². The maximum Gasteiger partial charge on any atom is 0.408 e. The maximum absolute atomic E-state index is 11.8. The van der Waals surface area contributed by atoms with Gasteiger partial charge in [0, 0.05) is 12.2 Å². The standard InChI is InChI=1S/C20H29N3O4/c1-14(2)6-11-17(24)23-16-9-7-15(8-10-16)12-21-18(25)13-22-19(26)27-20(3,4)5/h6-11,14H,12-13H2,1-5H3,(H,21,25)(H,22,26)(H,23,24)/b11-6+. The minimum Gasteiger partial charge on any atom is -0.444 e. The predicted octanol–water partition coefficient (Wildman–Crippen LogP) is 2.98. The first-order valence-corrected chi connectivity index (χ1v) is 8.87. The molecule has 7 nitrogen and oxygen atoms in total. The number of rotatable bonds is 7. The highest BCUT2D eigenvalue weighted by Crippen LogP contribution is 2.10. The Kier molecular flexibility index (Phi) is 8.51. The number of carbonyl (C=O) groups is 3. The first kappa shape index (κ1) is 22.2. The number of hydrogen-bond donors (Lipinski definition) is 3. The van der Waals surface area contributed by atoms with Gasteiger partial charge in [-0.3, -0.25) is 9.59 Å².